The predicted octanol–water partition coefficient (Wildman–Crippen LogP) is 2.74. The van der Waals surface area contributed by atoms with Gasteiger partial charge in [0.1, 0.15) is 5.75 Å². The molecule has 8 heteroatoms. The predicted molar refractivity (Wildman–Crippen MR) is 58.1 cm³/mol. The average molecular weight is 283 g/mol. The lowest BCUT2D eigenvalue weighted by molar-refractivity contribution is -0.486. The van der Waals surface area contributed by atoms with Crippen LogP contribution in [0.2, 0.25) is 0 Å². The number of halogens is 5. The maximum absolute atomic E-state index is 12.6. The van der Waals surface area contributed by atoms with E-state index in [2.05, 4.69) is 0 Å². The van der Waals surface area contributed by atoms with Gasteiger partial charge in [0.15, 0.2) is 0 Å². The third-order valence-corrected chi connectivity index (χ3v) is 2.01. The van der Waals surface area contributed by atoms with Crippen molar-refractivity contribution >= 4 is 6.02 Å². The Hall–Kier alpha value is -1.86. The minimum atomic E-state index is -5.25. The van der Waals surface area contributed by atoms with Crippen LogP contribution in [0.25, 0.3) is 0 Å². The van der Waals surface area contributed by atoms with Crippen molar-refractivity contribution in [1.29, 1.82) is 0 Å². The van der Waals surface area contributed by atoms with Crippen molar-refractivity contribution < 1.29 is 31.3 Å². The van der Waals surface area contributed by atoms with E-state index in [9.17, 15) is 22.0 Å². The fourth-order valence-electron chi connectivity index (χ4n) is 1.25. The molecule has 0 atom stereocenters. The van der Waals surface area contributed by atoms with Crippen LogP contribution >= 0.6 is 0 Å². The second kappa shape index (κ2) is 5.85. The van der Waals surface area contributed by atoms with Gasteiger partial charge >= 0.3 is 18.9 Å². The van der Waals surface area contributed by atoms with Gasteiger partial charge in [0.2, 0.25) is 0 Å². The van der Waals surface area contributed by atoms with E-state index in [0.717, 1.165) is 4.58 Å². The number of benzene rings is 1. The van der Waals surface area contributed by atoms with E-state index in [1.54, 1.807) is 6.07 Å². The van der Waals surface area contributed by atoms with Crippen molar-refractivity contribution in [2.45, 2.75) is 12.8 Å². The standard InChI is InChI=1S/C11H12F5N2O/c1-17(2)10(18(9(12)13)11(14,15)16)19-8-6-4-3-5-7-8/h3-7,9H,1-2H3/q+1. The molecule has 0 spiro atoms. The Morgan fingerprint density at radius 2 is 1.68 bits per heavy atom. The van der Waals surface area contributed by atoms with Crippen LogP contribution in [-0.4, -0.2) is 42.4 Å². The van der Waals surface area contributed by atoms with Crippen LogP contribution in [0.3, 0.4) is 0 Å². The van der Waals surface area contributed by atoms with Crippen LogP contribution < -0.4 is 4.74 Å². The molecule has 0 saturated heterocycles. The minimum absolute atomic E-state index is 0.0288. The van der Waals surface area contributed by atoms with E-state index >= 15 is 0 Å². The highest BCUT2D eigenvalue weighted by Gasteiger charge is 2.55. The van der Waals surface area contributed by atoms with E-state index < -0.39 is 23.8 Å². The molecule has 19 heavy (non-hydrogen) atoms. The average Bonchev–Trinajstić information content (AvgIpc) is 2.27. The number of para-hydroxylation sites is 1. The summed E-state index contributed by atoms with van der Waals surface area (Å²) in [5.41, 5.74) is 0. The molecule has 0 bridgehead atoms. The second-order valence-corrected chi connectivity index (χ2v) is 3.71. The van der Waals surface area contributed by atoms with Crippen molar-refractivity contribution in [3.05, 3.63) is 30.3 Å². The van der Waals surface area contributed by atoms with Crippen molar-refractivity contribution in [3.63, 3.8) is 0 Å². The Balaban J connectivity index is 3.11. The Kier molecular flexibility index (Phi) is 4.68. The fourth-order valence-corrected chi connectivity index (χ4v) is 1.25. The smallest absolute Gasteiger partial charge is 0.392 e. The van der Waals surface area contributed by atoms with E-state index in [1.165, 1.54) is 38.4 Å². The first kappa shape index (κ1) is 15.2. The van der Waals surface area contributed by atoms with Gasteiger partial charge < -0.3 is 4.74 Å². The summed E-state index contributed by atoms with van der Waals surface area (Å²) in [7, 11) is 2.36. The first-order valence-corrected chi connectivity index (χ1v) is 5.15. The van der Waals surface area contributed by atoms with Gasteiger partial charge in [-0.05, 0) is 12.1 Å². The quantitative estimate of drug-likeness (QED) is 0.273. The molecule has 0 radical (unpaired) electrons. The molecule has 1 aromatic rings. The summed E-state index contributed by atoms with van der Waals surface area (Å²) in [4.78, 5) is -1.04. The molecule has 0 saturated carbocycles. The van der Waals surface area contributed by atoms with Crippen molar-refractivity contribution in [3.8, 4) is 5.75 Å². The second-order valence-electron chi connectivity index (χ2n) is 3.71. The van der Waals surface area contributed by atoms with E-state index in [4.69, 9.17) is 4.74 Å². The molecule has 0 amide bonds. The monoisotopic (exact) mass is 283 g/mol. The molecule has 0 unspecified atom stereocenters. The van der Waals surface area contributed by atoms with E-state index in [-0.39, 0.29) is 5.75 Å². The summed E-state index contributed by atoms with van der Waals surface area (Å²) in [6, 6.07) is 6.38. The first-order chi connectivity index (χ1) is 8.73. The van der Waals surface area contributed by atoms with Crippen LogP contribution in [0.4, 0.5) is 22.0 Å². The molecule has 3 nitrogen and oxygen atoms in total. The third kappa shape index (κ3) is 4.08. The number of hydrogen-bond donors (Lipinski definition) is 0. The van der Waals surface area contributed by atoms with Gasteiger partial charge in [-0.3, -0.25) is 0 Å². The number of ether oxygens (including phenoxy) is 1. The molecule has 0 aliphatic carbocycles. The molecular weight excluding hydrogens is 271 g/mol. The zero-order valence-electron chi connectivity index (χ0n) is 10.2. The fraction of sp³-hybridized carbons (Fsp3) is 0.364. The largest absolute Gasteiger partial charge is 0.570 e. The molecule has 0 aliphatic rings. The summed E-state index contributed by atoms with van der Waals surface area (Å²) in [5.74, 6) is 0.0288. The normalized spacial score (nSPS) is 11.4. The SMILES string of the molecule is C[N+](C)=C(Oc1ccccc1)N(C(F)F)C(F)(F)F. The maximum Gasteiger partial charge on any atom is 0.570 e. The Morgan fingerprint density at radius 1 is 1.16 bits per heavy atom. The molecular formula is C11H12F5N2O+. The summed E-state index contributed by atoms with van der Waals surface area (Å²) in [5, 5.41) is 0. The summed E-state index contributed by atoms with van der Waals surface area (Å²) < 4.78 is 68.7. The van der Waals surface area contributed by atoms with Crippen molar-refractivity contribution in [2.75, 3.05) is 14.1 Å². The lowest BCUT2D eigenvalue weighted by Gasteiger charge is -2.20. The van der Waals surface area contributed by atoms with Gasteiger partial charge in [-0.15, -0.1) is 13.2 Å². The number of alkyl halides is 5. The van der Waals surface area contributed by atoms with Crippen LogP contribution in [0.5, 0.6) is 5.75 Å². The number of amidine groups is 1. The van der Waals surface area contributed by atoms with E-state index in [0.29, 0.717) is 0 Å². The van der Waals surface area contributed by atoms with Crippen LogP contribution in [0.1, 0.15) is 0 Å². The van der Waals surface area contributed by atoms with Gasteiger partial charge in [0.25, 0.3) is 0 Å². The summed E-state index contributed by atoms with van der Waals surface area (Å²) >= 11 is 0. The molecule has 0 aromatic heterocycles. The Morgan fingerprint density at radius 3 is 2.05 bits per heavy atom. The first-order valence-electron chi connectivity index (χ1n) is 5.15. The van der Waals surface area contributed by atoms with Crippen LogP contribution in [0.15, 0.2) is 30.3 Å². The summed E-state index contributed by atoms with van der Waals surface area (Å²) in [6.45, 7) is -3.76. The lowest BCUT2D eigenvalue weighted by Crippen LogP contribution is -2.51. The molecule has 106 valence electrons. The molecule has 1 aromatic carbocycles. The third-order valence-electron chi connectivity index (χ3n) is 2.01. The van der Waals surface area contributed by atoms with Crippen molar-refractivity contribution in [1.82, 2.24) is 4.90 Å². The van der Waals surface area contributed by atoms with Crippen LogP contribution in [0, 0.1) is 0 Å². The number of hydrogen-bond acceptors (Lipinski definition) is 1. The van der Waals surface area contributed by atoms with Gasteiger partial charge in [-0.1, -0.05) is 23.1 Å². The van der Waals surface area contributed by atoms with Gasteiger partial charge in [0.05, 0.1) is 14.1 Å². The molecule has 0 aliphatic heterocycles. The molecule has 1 rings (SSSR count). The molecule has 0 heterocycles. The number of rotatable bonds is 2. The van der Waals surface area contributed by atoms with Crippen molar-refractivity contribution in [2.24, 2.45) is 0 Å². The summed E-state index contributed by atoms with van der Waals surface area (Å²) in [6.07, 6.45) is -5.25. The zero-order chi connectivity index (χ0) is 14.6. The van der Waals surface area contributed by atoms with Gasteiger partial charge in [-0.2, -0.15) is 8.78 Å². The molecule has 0 N–H and O–H groups in total. The highest BCUT2D eigenvalue weighted by atomic mass is 19.4. The topological polar surface area (TPSA) is 15.5 Å². The highest BCUT2D eigenvalue weighted by molar-refractivity contribution is 5.71. The lowest BCUT2D eigenvalue weighted by atomic mass is 10.3. The van der Waals surface area contributed by atoms with E-state index in [1.807, 2.05) is 0 Å². The number of nitrogens with zero attached hydrogens (tertiary/aromatic N) is 2. The highest BCUT2D eigenvalue weighted by Crippen LogP contribution is 2.26. The molecule has 0 fully saturated rings. The Labute approximate surface area is 106 Å². The maximum atomic E-state index is 12.6. The minimum Gasteiger partial charge on any atom is -0.392 e. The zero-order valence-corrected chi connectivity index (χ0v) is 10.2. The van der Waals surface area contributed by atoms with Gasteiger partial charge in [-0.25, -0.2) is 4.58 Å². The Bertz CT molecular complexity index is 440. The van der Waals surface area contributed by atoms with Crippen LogP contribution in [-0.2, 0) is 0 Å². The van der Waals surface area contributed by atoms with Gasteiger partial charge in [0, 0.05) is 0 Å².